The third-order valence-electron chi connectivity index (χ3n) is 5.62. The molecule has 3 atom stereocenters. The number of aromatic nitrogens is 1. The number of morpholine rings is 1. The van der Waals surface area contributed by atoms with Gasteiger partial charge in [0.2, 0.25) is 0 Å². The lowest BCUT2D eigenvalue weighted by molar-refractivity contribution is -0.193. The first-order valence-electron chi connectivity index (χ1n) is 11.4. The summed E-state index contributed by atoms with van der Waals surface area (Å²) in [7, 11) is 1.73. The van der Waals surface area contributed by atoms with Crippen molar-refractivity contribution in [1.29, 1.82) is 0 Å². The number of carboxylic acid groups (broad SMARTS) is 2. The number of carbonyl (C=O) groups is 2. The highest BCUT2D eigenvalue weighted by molar-refractivity contribution is 5.73. The highest BCUT2D eigenvalue weighted by Gasteiger charge is 2.44. The number of aliphatic carboxylic acids is 2. The molecule has 9 nitrogen and oxygen atoms in total. The summed E-state index contributed by atoms with van der Waals surface area (Å²) in [6.45, 7) is 2.57. The van der Waals surface area contributed by atoms with Gasteiger partial charge in [0.05, 0.1) is 19.9 Å². The minimum absolute atomic E-state index is 0.0923. The number of fused-ring (bicyclic) bond motifs is 1. The summed E-state index contributed by atoms with van der Waals surface area (Å²) < 4.78 is 81.2. The average molecular weight is 568 g/mol. The minimum atomic E-state index is -5.08. The van der Waals surface area contributed by atoms with Gasteiger partial charge in [-0.2, -0.15) is 26.3 Å². The van der Waals surface area contributed by atoms with E-state index in [0.717, 1.165) is 44.0 Å². The van der Waals surface area contributed by atoms with E-state index in [2.05, 4.69) is 22.0 Å². The van der Waals surface area contributed by atoms with Gasteiger partial charge >= 0.3 is 24.3 Å². The van der Waals surface area contributed by atoms with Crippen LogP contribution in [-0.4, -0.2) is 82.9 Å². The van der Waals surface area contributed by atoms with Crippen LogP contribution >= 0.6 is 0 Å². The number of hydrogen-bond acceptors (Lipinski definition) is 7. The highest BCUT2D eigenvalue weighted by atomic mass is 19.4. The van der Waals surface area contributed by atoms with Crippen LogP contribution in [0.3, 0.4) is 0 Å². The predicted molar refractivity (Wildman–Crippen MR) is 122 cm³/mol. The van der Waals surface area contributed by atoms with Crippen LogP contribution in [0.1, 0.15) is 18.4 Å². The van der Waals surface area contributed by atoms with Crippen molar-refractivity contribution >= 4 is 11.9 Å². The molecule has 1 aliphatic heterocycles. The van der Waals surface area contributed by atoms with Crippen molar-refractivity contribution in [2.45, 2.75) is 50.0 Å². The molecule has 1 saturated heterocycles. The first-order valence-corrected chi connectivity index (χ1v) is 11.4. The quantitative estimate of drug-likeness (QED) is 0.513. The third kappa shape index (κ3) is 9.90. The normalized spacial score (nSPS) is 20.8. The summed E-state index contributed by atoms with van der Waals surface area (Å²) in [5.74, 6) is -3.75. The SMILES string of the molecule is COc1ccccc1CN1CCO[C@H]2[C@H](Oc3cccnc3)CC[C@@H]21.O=C(O)C(F)(F)F.O=C(O)C(F)(F)F. The zero-order chi connectivity index (χ0) is 29.2. The number of nitrogens with zero attached hydrogens (tertiary/aromatic N) is 2. The van der Waals surface area contributed by atoms with E-state index in [4.69, 9.17) is 34.0 Å². The second-order valence-electron chi connectivity index (χ2n) is 8.21. The van der Waals surface area contributed by atoms with E-state index in [1.807, 2.05) is 24.3 Å². The zero-order valence-corrected chi connectivity index (χ0v) is 20.5. The number of carboxylic acids is 2. The lowest BCUT2D eigenvalue weighted by Crippen LogP contribution is -2.51. The molecule has 1 aliphatic carbocycles. The molecule has 2 aliphatic rings. The van der Waals surface area contributed by atoms with Crippen molar-refractivity contribution in [2.75, 3.05) is 20.3 Å². The van der Waals surface area contributed by atoms with Gasteiger partial charge in [0.25, 0.3) is 0 Å². The van der Waals surface area contributed by atoms with Crippen LogP contribution in [0, 0.1) is 0 Å². The maximum atomic E-state index is 10.6. The summed E-state index contributed by atoms with van der Waals surface area (Å²) in [6.07, 6.45) is -4.34. The Morgan fingerprint density at radius 1 is 1.03 bits per heavy atom. The second-order valence-corrected chi connectivity index (χ2v) is 8.21. The van der Waals surface area contributed by atoms with Gasteiger partial charge in [-0.1, -0.05) is 18.2 Å². The van der Waals surface area contributed by atoms with Crippen LogP contribution in [0.2, 0.25) is 0 Å². The number of ether oxygens (including phenoxy) is 3. The van der Waals surface area contributed by atoms with Crippen molar-refractivity contribution in [1.82, 2.24) is 9.88 Å². The Hall–Kier alpha value is -3.59. The van der Waals surface area contributed by atoms with E-state index in [-0.39, 0.29) is 12.2 Å². The Kier molecular flexibility index (Phi) is 11.3. The smallest absolute Gasteiger partial charge is 0.490 e. The van der Waals surface area contributed by atoms with E-state index in [9.17, 15) is 26.3 Å². The van der Waals surface area contributed by atoms with E-state index in [0.29, 0.717) is 6.04 Å². The zero-order valence-electron chi connectivity index (χ0n) is 20.5. The molecule has 0 unspecified atom stereocenters. The van der Waals surface area contributed by atoms with Gasteiger partial charge in [-0.05, 0) is 31.0 Å². The summed E-state index contributed by atoms with van der Waals surface area (Å²) >= 11 is 0. The van der Waals surface area contributed by atoms with Crippen molar-refractivity contribution in [3.8, 4) is 11.5 Å². The molecule has 2 aromatic rings. The van der Waals surface area contributed by atoms with Gasteiger partial charge in [-0.15, -0.1) is 0 Å². The molecule has 0 amide bonds. The molecule has 0 spiro atoms. The first-order chi connectivity index (χ1) is 18.2. The Bertz CT molecular complexity index is 1040. The molecule has 0 radical (unpaired) electrons. The molecule has 216 valence electrons. The maximum absolute atomic E-state index is 10.6. The van der Waals surface area contributed by atoms with Crippen LogP contribution in [0.15, 0.2) is 48.8 Å². The number of rotatable bonds is 5. The number of hydrogen-bond donors (Lipinski definition) is 2. The molecular formula is C24H26F6N2O7. The molecule has 4 rings (SSSR count). The van der Waals surface area contributed by atoms with Gasteiger partial charge in [0.15, 0.2) is 0 Å². The number of pyridine rings is 1. The molecule has 0 bridgehead atoms. The largest absolute Gasteiger partial charge is 0.496 e. The van der Waals surface area contributed by atoms with E-state index >= 15 is 0 Å². The molecule has 2 fully saturated rings. The van der Waals surface area contributed by atoms with Crippen LogP contribution in [0.25, 0.3) is 0 Å². The predicted octanol–water partition coefficient (Wildman–Crippen LogP) is 4.17. The van der Waals surface area contributed by atoms with E-state index < -0.39 is 24.3 Å². The number of methoxy groups -OCH3 is 1. The van der Waals surface area contributed by atoms with Gasteiger partial charge in [-0.3, -0.25) is 9.88 Å². The highest BCUT2D eigenvalue weighted by Crippen LogP contribution is 2.34. The molecule has 39 heavy (non-hydrogen) atoms. The number of benzene rings is 1. The van der Waals surface area contributed by atoms with Crippen LogP contribution < -0.4 is 9.47 Å². The monoisotopic (exact) mass is 568 g/mol. The molecule has 15 heteroatoms. The topological polar surface area (TPSA) is 118 Å². The molecule has 1 aromatic heterocycles. The minimum Gasteiger partial charge on any atom is -0.496 e. The fourth-order valence-corrected chi connectivity index (χ4v) is 3.96. The molecule has 2 N–H and O–H groups in total. The van der Waals surface area contributed by atoms with Crippen molar-refractivity contribution < 1.29 is 60.4 Å². The number of para-hydroxylation sites is 1. The van der Waals surface area contributed by atoms with E-state index in [1.54, 1.807) is 19.5 Å². The van der Waals surface area contributed by atoms with Crippen molar-refractivity contribution in [2.24, 2.45) is 0 Å². The summed E-state index contributed by atoms with van der Waals surface area (Å²) in [4.78, 5) is 24.4. The molecule has 1 aromatic carbocycles. The van der Waals surface area contributed by atoms with Gasteiger partial charge in [-0.25, -0.2) is 9.59 Å². The van der Waals surface area contributed by atoms with Gasteiger partial charge in [0, 0.05) is 30.9 Å². The van der Waals surface area contributed by atoms with Gasteiger partial charge in [0.1, 0.15) is 23.7 Å². The van der Waals surface area contributed by atoms with Gasteiger partial charge < -0.3 is 24.4 Å². The Morgan fingerprint density at radius 2 is 1.64 bits per heavy atom. The lowest BCUT2D eigenvalue weighted by atomic mass is 10.1. The Balaban J connectivity index is 0.000000317. The van der Waals surface area contributed by atoms with Crippen LogP contribution in [0.5, 0.6) is 11.5 Å². The maximum Gasteiger partial charge on any atom is 0.490 e. The third-order valence-corrected chi connectivity index (χ3v) is 5.62. The Morgan fingerprint density at radius 3 is 2.18 bits per heavy atom. The summed E-state index contributed by atoms with van der Waals surface area (Å²) in [6, 6.07) is 12.5. The Labute approximate surface area is 218 Å². The van der Waals surface area contributed by atoms with E-state index in [1.165, 1.54) is 5.56 Å². The molecule has 1 saturated carbocycles. The molecular weight excluding hydrogens is 542 g/mol. The molecule has 2 heterocycles. The van der Waals surface area contributed by atoms with Crippen LogP contribution in [-0.2, 0) is 20.9 Å². The first kappa shape index (κ1) is 31.6. The van der Waals surface area contributed by atoms with Crippen LogP contribution in [0.4, 0.5) is 26.3 Å². The summed E-state index contributed by atoms with van der Waals surface area (Å²) in [5.41, 5.74) is 1.22. The number of halogens is 6. The lowest BCUT2D eigenvalue weighted by Gasteiger charge is -2.39. The second kappa shape index (κ2) is 14.0. The fourth-order valence-electron chi connectivity index (χ4n) is 3.96. The average Bonchev–Trinajstić information content (AvgIpc) is 3.28. The van der Waals surface area contributed by atoms with Crippen molar-refractivity contribution in [3.63, 3.8) is 0 Å². The standard InChI is InChI=1S/C20H24N2O3.2C2HF3O2/c1-23-18-7-3-2-5-15(18)14-22-11-12-24-20-17(22)8-9-19(20)25-16-6-4-10-21-13-16;2*3-2(4,5)1(6)7/h2-7,10,13,17,19-20H,8-9,11-12,14H2,1H3;2*(H,6,7)/t17-,19+,20+;;/m0../s1. The summed E-state index contributed by atoms with van der Waals surface area (Å²) in [5, 5.41) is 14.2. The number of alkyl halides is 6. The van der Waals surface area contributed by atoms with Crippen molar-refractivity contribution in [3.05, 3.63) is 54.4 Å². The fraction of sp³-hybridized carbons (Fsp3) is 0.458.